The molecule has 1 heterocycles. The van der Waals surface area contributed by atoms with Gasteiger partial charge in [0.05, 0.1) is 11.9 Å². The zero-order chi connectivity index (χ0) is 28.0. The van der Waals surface area contributed by atoms with Gasteiger partial charge in [-0.1, -0.05) is 38.1 Å². The Morgan fingerprint density at radius 1 is 1.08 bits per heavy atom. The number of aromatic nitrogens is 2. The monoisotopic (exact) mass is 518 g/mol. The highest BCUT2D eigenvalue weighted by Gasteiger charge is 2.17. The van der Waals surface area contributed by atoms with Crippen LogP contribution in [0.25, 0.3) is 11.3 Å². The SMILES string of the molecule is CC(C)Nc1ncc(-c2cc(N)cc(NC(=O)C(C)C)c2)n(CC(=O)NCc2ccc(C(=N)N)cc2)c1=O. The van der Waals surface area contributed by atoms with E-state index in [4.69, 9.17) is 16.9 Å². The van der Waals surface area contributed by atoms with Crippen molar-refractivity contribution in [2.45, 2.75) is 46.8 Å². The maximum atomic E-state index is 13.4. The summed E-state index contributed by atoms with van der Waals surface area (Å²) in [6.07, 6.45) is 1.50. The average Bonchev–Trinajstić information content (AvgIpc) is 2.84. The van der Waals surface area contributed by atoms with Gasteiger partial charge in [-0.25, -0.2) is 4.98 Å². The number of nitrogens with one attached hydrogen (secondary N) is 4. The highest BCUT2D eigenvalue weighted by molar-refractivity contribution is 5.95. The Bertz CT molecular complexity index is 1390. The number of nitrogen functional groups attached to an aromatic ring is 2. The minimum atomic E-state index is -0.465. The fraction of sp³-hybridized carbons (Fsp3) is 0.296. The summed E-state index contributed by atoms with van der Waals surface area (Å²) in [6.45, 7) is 7.28. The van der Waals surface area contributed by atoms with Crippen molar-refractivity contribution in [2.75, 3.05) is 16.4 Å². The number of nitrogens with zero attached hydrogens (tertiary/aromatic N) is 2. The van der Waals surface area contributed by atoms with E-state index in [2.05, 4.69) is 20.9 Å². The van der Waals surface area contributed by atoms with Crippen molar-refractivity contribution < 1.29 is 9.59 Å². The van der Waals surface area contributed by atoms with Gasteiger partial charge in [0.1, 0.15) is 12.4 Å². The van der Waals surface area contributed by atoms with E-state index in [-0.39, 0.29) is 48.5 Å². The molecule has 0 unspecified atom stereocenters. The molecule has 200 valence electrons. The van der Waals surface area contributed by atoms with Crippen LogP contribution < -0.4 is 33.0 Å². The molecule has 8 N–H and O–H groups in total. The normalized spacial score (nSPS) is 10.9. The number of rotatable bonds is 10. The summed E-state index contributed by atoms with van der Waals surface area (Å²) >= 11 is 0. The van der Waals surface area contributed by atoms with Gasteiger partial charge in [-0.2, -0.15) is 0 Å². The highest BCUT2D eigenvalue weighted by Crippen LogP contribution is 2.26. The standard InChI is InChI=1S/C27H34N8O3/c1-15(2)26(37)34-21-10-19(9-20(28)11-21)22-13-32-25(33-16(3)4)27(38)35(22)14-23(36)31-12-17-5-7-18(8-6-17)24(29)30/h5-11,13,15-16H,12,14,28H2,1-4H3,(H3,29,30)(H,31,36)(H,32,33)(H,34,37). The Kier molecular flexibility index (Phi) is 8.85. The summed E-state index contributed by atoms with van der Waals surface area (Å²) in [5.41, 5.74) is 14.3. The van der Waals surface area contributed by atoms with Crippen molar-refractivity contribution >= 4 is 34.8 Å². The molecule has 11 heteroatoms. The maximum absolute atomic E-state index is 13.4. The lowest BCUT2D eigenvalue weighted by molar-refractivity contribution is -0.122. The van der Waals surface area contributed by atoms with E-state index < -0.39 is 5.56 Å². The Hall–Kier alpha value is -4.67. The topological polar surface area (TPSA) is 181 Å². The third-order valence-electron chi connectivity index (χ3n) is 5.58. The number of hydrogen-bond acceptors (Lipinski definition) is 7. The Morgan fingerprint density at radius 3 is 2.37 bits per heavy atom. The molecule has 0 fully saturated rings. The lowest BCUT2D eigenvalue weighted by Gasteiger charge is -2.17. The van der Waals surface area contributed by atoms with E-state index in [9.17, 15) is 14.4 Å². The first-order chi connectivity index (χ1) is 17.9. The molecule has 3 aromatic rings. The number of carbonyl (C=O) groups is 2. The van der Waals surface area contributed by atoms with E-state index in [1.165, 1.54) is 10.8 Å². The Balaban J connectivity index is 1.92. The van der Waals surface area contributed by atoms with Gasteiger partial charge in [-0.3, -0.25) is 24.4 Å². The van der Waals surface area contributed by atoms with Gasteiger partial charge in [-0.05, 0) is 37.6 Å². The van der Waals surface area contributed by atoms with Crippen LogP contribution in [0, 0.1) is 11.3 Å². The molecule has 0 spiro atoms. The summed E-state index contributed by atoms with van der Waals surface area (Å²) < 4.78 is 1.33. The molecule has 0 saturated heterocycles. The molecule has 0 radical (unpaired) electrons. The van der Waals surface area contributed by atoms with Crippen molar-refractivity contribution in [2.24, 2.45) is 11.7 Å². The molecule has 0 aliphatic heterocycles. The highest BCUT2D eigenvalue weighted by atomic mass is 16.2. The second-order valence-corrected chi connectivity index (χ2v) is 9.56. The van der Waals surface area contributed by atoms with Gasteiger partial charge < -0.3 is 27.4 Å². The van der Waals surface area contributed by atoms with E-state index in [1.807, 2.05) is 13.8 Å². The van der Waals surface area contributed by atoms with Crippen LogP contribution in [0.2, 0.25) is 0 Å². The number of amides is 2. The summed E-state index contributed by atoms with van der Waals surface area (Å²) in [6, 6.07) is 11.9. The minimum absolute atomic E-state index is 0.0375. The van der Waals surface area contributed by atoms with Gasteiger partial charge in [0.25, 0.3) is 5.56 Å². The van der Waals surface area contributed by atoms with Gasteiger partial charge in [0.2, 0.25) is 11.8 Å². The number of carbonyl (C=O) groups excluding carboxylic acids is 2. The molecule has 11 nitrogen and oxygen atoms in total. The maximum Gasteiger partial charge on any atom is 0.294 e. The van der Waals surface area contributed by atoms with E-state index >= 15 is 0 Å². The second kappa shape index (κ2) is 12.0. The molecule has 0 atom stereocenters. The van der Waals surface area contributed by atoms with Crippen molar-refractivity contribution in [1.82, 2.24) is 14.9 Å². The van der Waals surface area contributed by atoms with Gasteiger partial charge in [0.15, 0.2) is 5.82 Å². The summed E-state index contributed by atoms with van der Waals surface area (Å²) in [7, 11) is 0. The molecule has 0 bridgehead atoms. The minimum Gasteiger partial charge on any atom is -0.399 e. The van der Waals surface area contributed by atoms with Crippen LogP contribution in [0.1, 0.15) is 38.8 Å². The van der Waals surface area contributed by atoms with Crippen LogP contribution in [-0.4, -0.2) is 33.2 Å². The number of benzene rings is 2. The van der Waals surface area contributed by atoms with Crippen LogP contribution in [-0.2, 0) is 22.7 Å². The molecular weight excluding hydrogens is 484 g/mol. The number of nitrogens with two attached hydrogens (primary N) is 2. The van der Waals surface area contributed by atoms with E-state index in [0.29, 0.717) is 28.2 Å². The summed E-state index contributed by atoms with van der Waals surface area (Å²) in [5.74, 6) is -0.714. The summed E-state index contributed by atoms with van der Waals surface area (Å²) in [4.78, 5) is 42.8. The average molecular weight is 519 g/mol. The molecule has 0 aliphatic rings. The van der Waals surface area contributed by atoms with Gasteiger partial charge in [0, 0.05) is 41.0 Å². The zero-order valence-corrected chi connectivity index (χ0v) is 22.0. The molecule has 2 aromatic carbocycles. The van der Waals surface area contributed by atoms with Crippen molar-refractivity contribution in [3.05, 3.63) is 70.1 Å². The third kappa shape index (κ3) is 7.19. The molecular formula is C27H34N8O3. The Morgan fingerprint density at radius 2 is 1.76 bits per heavy atom. The van der Waals surface area contributed by atoms with Crippen LogP contribution in [0.15, 0.2) is 53.5 Å². The Labute approximate surface area is 221 Å². The van der Waals surface area contributed by atoms with E-state index in [1.54, 1.807) is 56.3 Å². The predicted octanol–water partition coefficient (Wildman–Crippen LogP) is 2.51. The van der Waals surface area contributed by atoms with Crippen molar-refractivity contribution in [1.29, 1.82) is 5.41 Å². The first-order valence-corrected chi connectivity index (χ1v) is 12.2. The van der Waals surface area contributed by atoms with Crippen LogP contribution >= 0.6 is 0 Å². The number of anilines is 3. The smallest absolute Gasteiger partial charge is 0.294 e. The van der Waals surface area contributed by atoms with Gasteiger partial charge in [-0.15, -0.1) is 0 Å². The molecule has 3 rings (SSSR count). The first-order valence-electron chi connectivity index (χ1n) is 12.2. The number of hydrogen-bond donors (Lipinski definition) is 6. The van der Waals surface area contributed by atoms with E-state index in [0.717, 1.165) is 5.56 Å². The summed E-state index contributed by atoms with van der Waals surface area (Å²) in [5, 5.41) is 16.1. The van der Waals surface area contributed by atoms with Crippen LogP contribution in [0.4, 0.5) is 17.2 Å². The third-order valence-corrected chi connectivity index (χ3v) is 5.58. The lowest BCUT2D eigenvalue weighted by atomic mass is 10.1. The van der Waals surface area contributed by atoms with Gasteiger partial charge >= 0.3 is 0 Å². The molecule has 1 aromatic heterocycles. The lowest BCUT2D eigenvalue weighted by Crippen LogP contribution is -2.35. The zero-order valence-electron chi connectivity index (χ0n) is 22.0. The molecule has 38 heavy (non-hydrogen) atoms. The van der Waals surface area contributed by atoms with Crippen molar-refractivity contribution in [3.63, 3.8) is 0 Å². The molecule has 0 aliphatic carbocycles. The first kappa shape index (κ1) is 27.9. The predicted molar refractivity (Wildman–Crippen MR) is 150 cm³/mol. The number of amidine groups is 1. The fourth-order valence-corrected chi connectivity index (χ4v) is 3.61. The quantitative estimate of drug-likeness (QED) is 0.135. The van der Waals surface area contributed by atoms with Crippen LogP contribution in [0.3, 0.4) is 0 Å². The second-order valence-electron chi connectivity index (χ2n) is 9.56. The molecule has 0 saturated carbocycles. The van der Waals surface area contributed by atoms with Crippen molar-refractivity contribution in [3.8, 4) is 11.3 Å². The molecule has 2 amide bonds. The van der Waals surface area contributed by atoms with Crippen LogP contribution in [0.5, 0.6) is 0 Å². The largest absolute Gasteiger partial charge is 0.399 e. The fourth-order valence-electron chi connectivity index (χ4n) is 3.61.